The number of hydrogen-bond acceptors (Lipinski definition) is 3. The summed E-state index contributed by atoms with van der Waals surface area (Å²) in [6.45, 7) is 8.50. The zero-order valence-corrected chi connectivity index (χ0v) is 10.9. The molecular weight excluding hydrogens is 206 g/mol. The van der Waals surface area contributed by atoms with E-state index in [-0.39, 0.29) is 17.6 Å². The minimum absolute atomic E-state index is 0.0492. The highest BCUT2D eigenvalue weighted by molar-refractivity contribution is 5.98. The van der Waals surface area contributed by atoms with Gasteiger partial charge in [0.25, 0.3) is 0 Å². The first-order valence-electron chi connectivity index (χ1n) is 5.56. The highest BCUT2D eigenvalue weighted by Gasteiger charge is 2.02. The molecule has 94 valence electrons. The van der Waals surface area contributed by atoms with Crippen molar-refractivity contribution in [2.75, 3.05) is 20.3 Å². The van der Waals surface area contributed by atoms with Gasteiger partial charge in [0.2, 0.25) is 5.91 Å². The minimum Gasteiger partial charge on any atom is -0.383 e. The van der Waals surface area contributed by atoms with Gasteiger partial charge in [-0.25, -0.2) is 0 Å². The van der Waals surface area contributed by atoms with Gasteiger partial charge in [0.1, 0.15) is 0 Å². The first-order valence-corrected chi connectivity index (χ1v) is 5.56. The van der Waals surface area contributed by atoms with Crippen molar-refractivity contribution in [3.05, 3.63) is 12.2 Å². The lowest BCUT2D eigenvalue weighted by atomic mass is 10.1. The summed E-state index contributed by atoms with van der Waals surface area (Å²) in [5, 5.41) is 2.57. The van der Waals surface area contributed by atoms with Crippen molar-refractivity contribution in [1.29, 1.82) is 0 Å². The van der Waals surface area contributed by atoms with E-state index in [2.05, 4.69) is 5.32 Å². The van der Waals surface area contributed by atoms with Crippen LogP contribution in [0.1, 0.15) is 27.7 Å². The standard InChI is InChI=1S/C10H17NO3.C2H6/c1-8(2)9(12)4-5-10(13)11-6-7-14-3;1-2/h4-5,8H,6-7H2,1-3H3,(H,11,13);1-2H3/b5-4-;. The fourth-order valence-electron chi connectivity index (χ4n) is 0.685. The Kier molecular flexibility index (Phi) is 12.8. The van der Waals surface area contributed by atoms with E-state index in [1.807, 2.05) is 13.8 Å². The van der Waals surface area contributed by atoms with Gasteiger partial charge in [-0.1, -0.05) is 27.7 Å². The molecule has 0 heterocycles. The van der Waals surface area contributed by atoms with Crippen LogP contribution in [0, 0.1) is 5.92 Å². The van der Waals surface area contributed by atoms with Crippen LogP contribution in [-0.2, 0) is 14.3 Å². The van der Waals surface area contributed by atoms with E-state index in [0.29, 0.717) is 13.2 Å². The lowest BCUT2D eigenvalue weighted by Crippen LogP contribution is -2.25. The molecule has 0 aromatic heterocycles. The van der Waals surface area contributed by atoms with E-state index in [1.165, 1.54) is 12.2 Å². The first kappa shape index (κ1) is 17.2. The molecule has 0 aliphatic heterocycles. The highest BCUT2D eigenvalue weighted by atomic mass is 16.5. The monoisotopic (exact) mass is 229 g/mol. The van der Waals surface area contributed by atoms with Crippen molar-refractivity contribution in [2.45, 2.75) is 27.7 Å². The molecule has 0 spiro atoms. The number of nitrogens with one attached hydrogen (secondary N) is 1. The SMILES string of the molecule is CC.COCCNC(=O)/C=C\C(=O)C(C)C. The summed E-state index contributed by atoms with van der Waals surface area (Å²) in [7, 11) is 1.56. The summed E-state index contributed by atoms with van der Waals surface area (Å²) >= 11 is 0. The Labute approximate surface area is 98.1 Å². The quantitative estimate of drug-likeness (QED) is 0.555. The molecule has 0 saturated carbocycles. The number of amides is 1. The largest absolute Gasteiger partial charge is 0.383 e. The number of ether oxygens (including phenoxy) is 1. The second-order valence-electron chi connectivity index (χ2n) is 3.17. The smallest absolute Gasteiger partial charge is 0.244 e. The van der Waals surface area contributed by atoms with Gasteiger partial charge >= 0.3 is 0 Å². The van der Waals surface area contributed by atoms with E-state index in [9.17, 15) is 9.59 Å². The average Bonchev–Trinajstić information content (AvgIpc) is 2.28. The highest BCUT2D eigenvalue weighted by Crippen LogP contribution is 1.94. The minimum atomic E-state index is -0.268. The predicted octanol–water partition coefficient (Wildman–Crippen LogP) is 1.56. The lowest BCUT2D eigenvalue weighted by Gasteiger charge is -2.00. The molecule has 0 aromatic carbocycles. The van der Waals surface area contributed by atoms with Crippen molar-refractivity contribution in [2.24, 2.45) is 5.92 Å². The number of carbonyl (C=O) groups is 2. The van der Waals surface area contributed by atoms with Crippen LogP contribution in [0.3, 0.4) is 0 Å². The molecule has 4 nitrogen and oxygen atoms in total. The van der Waals surface area contributed by atoms with Crippen LogP contribution in [0.2, 0.25) is 0 Å². The summed E-state index contributed by atoms with van der Waals surface area (Å²) in [5.41, 5.74) is 0. The van der Waals surface area contributed by atoms with Gasteiger partial charge in [-0.3, -0.25) is 9.59 Å². The maximum Gasteiger partial charge on any atom is 0.244 e. The van der Waals surface area contributed by atoms with Gasteiger partial charge in [0, 0.05) is 25.6 Å². The van der Waals surface area contributed by atoms with Crippen molar-refractivity contribution in [3.8, 4) is 0 Å². The molecule has 0 aromatic rings. The van der Waals surface area contributed by atoms with Crippen LogP contribution in [0.25, 0.3) is 0 Å². The Balaban J connectivity index is 0. The van der Waals surface area contributed by atoms with Crippen molar-refractivity contribution in [1.82, 2.24) is 5.32 Å². The number of methoxy groups -OCH3 is 1. The molecule has 0 bridgehead atoms. The molecule has 0 aliphatic carbocycles. The zero-order valence-electron chi connectivity index (χ0n) is 10.9. The van der Waals surface area contributed by atoms with E-state index in [4.69, 9.17) is 4.74 Å². The van der Waals surface area contributed by atoms with E-state index >= 15 is 0 Å². The van der Waals surface area contributed by atoms with Crippen molar-refractivity contribution in [3.63, 3.8) is 0 Å². The molecule has 16 heavy (non-hydrogen) atoms. The van der Waals surface area contributed by atoms with E-state index in [0.717, 1.165) is 0 Å². The van der Waals surface area contributed by atoms with Crippen LogP contribution in [0.15, 0.2) is 12.2 Å². The molecule has 0 atom stereocenters. The second kappa shape index (κ2) is 11.9. The summed E-state index contributed by atoms with van der Waals surface area (Å²) in [5.74, 6) is -0.388. The molecule has 0 saturated heterocycles. The number of hydrogen-bond donors (Lipinski definition) is 1. The summed E-state index contributed by atoms with van der Waals surface area (Å²) < 4.78 is 4.75. The Bertz CT molecular complexity index is 222. The Morgan fingerprint density at radius 3 is 2.25 bits per heavy atom. The normalized spacial score (nSPS) is 9.88. The van der Waals surface area contributed by atoms with Gasteiger partial charge in [0.15, 0.2) is 5.78 Å². The van der Waals surface area contributed by atoms with Gasteiger partial charge in [0.05, 0.1) is 6.61 Å². The van der Waals surface area contributed by atoms with Crippen LogP contribution < -0.4 is 5.32 Å². The molecule has 0 fully saturated rings. The Hall–Kier alpha value is -1.16. The Morgan fingerprint density at radius 2 is 1.81 bits per heavy atom. The Morgan fingerprint density at radius 1 is 1.25 bits per heavy atom. The van der Waals surface area contributed by atoms with Crippen LogP contribution in [0.4, 0.5) is 0 Å². The first-order chi connectivity index (χ1) is 7.57. The van der Waals surface area contributed by atoms with Crippen LogP contribution in [0.5, 0.6) is 0 Å². The third-order valence-corrected chi connectivity index (χ3v) is 1.57. The summed E-state index contributed by atoms with van der Waals surface area (Å²) in [6, 6.07) is 0. The molecular formula is C12H23NO3. The average molecular weight is 229 g/mol. The van der Waals surface area contributed by atoms with Crippen LogP contribution >= 0.6 is 0 Å². The lowest BCUT2D eigenvalue weighted by molar-refractivity contribution is -0.119. The second-order valence-corrected chi connectivity index (χ2v) is 3.17. The third kappa shape index (κ3) is 10.9. The van der Waals surface area contributed by atoms with Gasteiger partial charge in [-0.15, -0.1) is 0 Å². The molecule has 4 heteroatoms. The number of rotatable bonds is 6. The maximum atomic E-state index is 11.1. The molecule has 1 amide bonds. The predicted molar refractivity (Wildman–Crippen MR) is 65.2 cm³/mol. The molecule has 0 rings (SSSR count). The molecule has 1 N–H and O–H groups in total. The number of ketones is 1. The van der Waals surface area contributed by atoms with Gasteiger partial charge in [-0.2, -0.15) is 0 Å². The molecule has 0 aliphatic rings. The fourth-order valence-corrected chi connectivity index (χ4v) is 0.685. The molecule has 0 radical (unpaired) electrons. The zero-order chi connectivity index (χ0) is 13.0. The number of allylic oxidation sites excluding steroid dienone is 1. The van der Waals surface area contributed by atoms with E-state index in [1.54, 1.807) is 21.0 Å². The van der Waals surface area contributed by atoms with Crippen molar-refractivity contribution < 1.29 is 14.3 Å². The third-order valence-electron chi connectivity index (χ3n) is 1.57. The fraction of sp³-hybridized carbons (Fsp3) is 0.667. The topological polar surface area (TPSA) is 55.4 Å². The number of carbonyl (C=O) groups excluding carboxylic acids is 2. The van der Waals surface area contributed by atoms with Gasteiger partial charge in [-0.05, 0) is 6.08 Å². The van der Waals surface area contributed by atoms with Gasteiger partial charge < -0.3 is 10.1 Å². The maximum absolute atomic E-state index is 11.1. The summed E-state index contributed by atoms with van der Waals surface area (Å²) in [4.78, 5) is 22.1. The van der Waals surface area contributed by atoms with Crippen molar-refractivity contribution >= 4 is 11.7 Å². The molecule has 0 unspecified atom stereocenters. The summed E-state index contributed by atoms with van der Waals surface area (Å²) in [6.07, 6.45) is 2.55. The van der Waals surface area contributed by atoms with Crippen LogP contribution in [-0.4, -0.2) is 32.0 Å². The van der Waals surface area contributed by atoms with E-state index < -0.39 is 0 Å².